The Labute approximate surface area is 141 Å². The van der Waals surface area contributed by atoms with Crippen molar-refractivity contribution in [1.29, 1.82) is 0 Å². The number of rotatable bonds is 1. The lowest BCUT2D eigenvalue weighted by Gasteiger charge is -2.63. The highest BCUT2D eigenvalue weighted by Crippen LogP contribution is 2.72. The summed E-state index contributed by atoms with van der Waals surface area (Å²) in [6, 6.07) is 0. The molecule has 0 aromatic carbocycles. The lowest BCUT2D eigenvalue weighted by molar-refractivity contribution is -0.183. The van der Waals surface area contributed by atoms with Gasteiger partial charge in [-0.1, -0.05) is 20.3 Å². The van der Waals surface area contributed by atoms with Gasteiger partial charge in [0.1, 0.15) is 0 Å². The first-order valence-corrected chi connectivity index (χ1v) is 9.94. The minimum absolute atomic E-state index is 0.0536. The molecular formula is C21H34O2. The first-order chi connectivity index (χ1) is 10.9. The van der Waals surface area contributed by atoms with Crippen molar-refractivity contribution in [3.8, 4) is 0 Å². The molecule has 0 aliphatic heterocycles. The third kappa shape index (κ3) is 1.96. The van der Waals surface area contributed by atoms with Crippen LogP contribution in [0.15, 0.2) is 0 Å². The zero-order chi connectivity index (χ0) is 16.5. The minimum Gasteiger partial charge on any atom is -0.469 e. The summed E-state index contributed by atoms with van der Waals surface area (Å²) >= 11 is 0. The average molecular weight is 319 g/mol. The van der Waals surface area contributed by atoms with E-state index in [2.05, 4.69) is 20.8 Å². The maximum atomic E-state index is 12.6. The lowest BCUT2D eigenvalue weighted by atomic mass is 9.41. The predicted octanol–water partition coefficient (Wildman–Crippen LogP) is 5.21. The Morgan fingerprint density at radius 3 is 2.52 bits per heavy atom. The quantitative estimate of drug-likeness (QED) is 0.620. The summed E-state index contributed by atoms with van der Waals surface area (Å²) in [5.74, 6) is 3.34. The van der Waals surface area contributed by atoms with Crippen LogP contribution in [0, 0.1) is 39.9 Å². The number of methoxy groups -OCH3 is 1. The van der Waals surface area contributed by atoms with Gasteiger partial charge in [0.15, 0.2) is 0 Å². The maximum Gasteiger partial charge on any atom is 0.311 e. The van der Waals surface area contributed by atoms with Crippen molar-refractivity contribution >= 4 is 5.97 Å². The number of ether oxygens (including phenoxy) is 1. The normalized spacial score (nSPS) is 55.0. The zero-order valence-electron chi connectivity index (χ0n) is 15.5. The van der Waals surface area contributed by atoms with Crippen molar-refractivity contribution in [1.82, 2.24) is 0 Å². The van der Waals surface area contributed by atoms with Gasteiger partial charge in [-0.15, -0.1) is 0 Å². The van der Waals surface area contributed by atoms with E-state index in [0.717, 1.165) is 24.2 Å². The highest BCUT2D eigenvalue weighted by atomic mass is 16.5. The van der Waals surface area contributed by atoms with Crippen LogP contribution in [0.4, 0.5) is 0 Å². The van der Waals surface area contributed by atoms with Gasteiger partial charge in [-0.2, -0.15) is 0 Å². The van der Waals surface area contributed by atoms with Gasteiger partial charge in [-0.05, 0) is 92.8 Å². The molecule has 4 aliphatic rings. The third-order valence-electron chi connectivity index (χ3n) is 9.12. The first-order valence-electron chi connectivity index (χ1n) is 9.94. The van der Waals surface area contributed by atoms with Crippen molar-refractivity contribution < 1.29 is 9.53 Å². The van der Waals surface area contributed by atoms with E-state index in [1.165, 1.54) is 51.4 Å². The van der Waals surface area contributed by atoms with Crippen molar-refractivity contribution in [2.45, 2.75) is 78.6 Å². The molecule has 0 unspecified atom stereocenters. The Balaban J connectivity index is 1.72. The van der Waals surface area contributed by atoms with Crippen LogP contribution in [0.2, 0.25) is 0 Å². The van der Waals surface area contributed by atoms with E-state index >= 15 is 0 Å². The van der Waals surface area contributed by atoms with Gasteiger partial charge in [0.25, 0.3) is 0 Å². The van der Waals surface area contributed by atoms with Gasteiger partial charge in [-0.3, -0.25) is 4.79 Å². The summed E-state index contributed by atoms with van der Waals surface area (Å²) in [5.41, 5.74) is 0.723. The SMILES string of the molecule is COC(=O)[C@]1(C)CCC[C@@]2(C)[C@H]1CC[C@]13C[C@H](CC[C@@H]12)[C@H](C)C3. The summed E-state index contributed by atoms with van der Waals surface area (Å²) < 4.78 is 5.26. The van der Waals surface area contributed by atoms with E-state index in [1.807, 2.05) is 0 Å². The number of hydrogen-bond acceptors (Lipinski definition) is 2. The van der Waals surface area contributed by atoms with E-state index in [9.17, 15) is 4.79 Å². The monoisotopic (exact) mass is 318 g/mol. The van der Waals surface area contributed by atoms with E-state index < -0.39 is 0 Å². The van der Waals surface area contributed by atoms with Crippen LogP contribution >= 0.6 is 0 Å². The first kappa shape index (κ1) is 16.0. The predicted molar refractivity (Wildman–Crippen MR) is 91.9 cm³/mol. The minimum atomic E-state index is -0.246. The Bertz CT molecular complexity index is 510. The molecule has 0 amide bonds. The largest absolute Gasteiger partial charge is 0.469 e. The van der Waals surface area contributed by atoms with Crippen molar-refractivity contribution in [2.75, 3.05) is 7.11 Å². The number of hydrogen-bond donors (Lipinski definition) is 0. The van der Waals surface area contributed by atoms with Gasteiger partial charge in [-0.25, -0.2) is 0 Å². The lowest BCUT2D eigenvalue weighted by Crippen LogP contribution is -2.58. The van der Waals surface area contributed by atoms with Crippen LogP contribution in [0.25, 0.3) is 0 Å². The zero-order valence-corrected chi connectivity index (χ0v) is 15.5. The van der Waals surface area contributed by atoms with Crippen molar-refractivity contribution in [3.05, 3.63) is 0 Å². The van der Waals surface area contributed by atoms with Crippen LogP contribution in [0.5, 0.6) is 0 Å². The molecule has 2 bridgehead atoms. The Morgan fingerprint density at radius 1 is 1.00 bits per heavy atom. The van der Waals surface area contributed by atoms with Crippen molar-refractivity contribution in [3.63, 3.8) is 0 Å². The second-order valence-electron chi connectivity index (χ2n) is 10.00. The van der Waals surface area contributed by atoms with Gasteiger partial charge >= 0.3 is 5.97 Å². The van der Waals surface area contributed by atoms with Crippen LogP contribution in [-0.2, 0) is 9.53 Å². The summed E-state index contributed by atoms with van der Waals surface area (Å²) in [4.78, 5) is 12.6. The van der Waals surface area contributed by atoms with Gasteiger partial charge in [0.05, 0.1) is 12.5 Å². The van der Waals surface area contributed by atoms with Crippen LogP contribution in [0.1, 0.15) is 78.6 Å². The number of carbonyl (C=O) groups excluding carboxylic acids is 1. The number of esters is 1. The molecule has 130 valence electrons. The van der Waals surface area contributed by atoms with E-state index in [-0.39, 0.29) is 11.4 Å². The second-order valence-corrected chi connectivity index (χ2v) is 10.00. The maximum absolute atomic E-state index is 12.6. The van der Waals surface area contributed by atoms with Gasteiger partial charge in [0.2, 0.25) is 0 Å². The third-order valence-corrected chi connectivity index (χ3v) is 9.12. The molecule has 4 rings (SSSR count). The summed E-state index contributed by atoms with van der Waals surface area (Å²) in [5, 5.41) is 0. The molecule has 23 heavy (non-hydrogen) atoms. The molecule has 0 aromatic rings. The van der Waals surface area contributed by atoms with Crippen LogP contribution in [0.3, 0.4) is 0 Å². The molecule has 1 spiro atoms. The Morgan fingerprint density at radius 2 is 1.78 bits per heavy atom. The van der Waals surface area contributed by atoms with E-state index in [1.54, 1.807) is 7.11 Å². The molecule has 4 saturated carbocycles. The molecule has 2 heteroatoms. The van der Waals surface area contributed by atoms with E-state index in [0.29, 0.717) is 16.7 Å². The fraction of sp³-hybridized carbons (Fsp3) is 0.952. The smallest absolute Gasteiger partial charge is 0.311 e. The summed E-state index contributed by atoms with van der Waals surface area (Å²) in [6.07, 6.45) is 12.0. The van der Waals surface area contributed by atoms with Crippen LogP contribution in [-0.4, -0.2) is 13.1 Å². The average Bonchev–Trinajstić information content (AvgIpc) is 2.75. The van der Waals surface area contributed by atoms with Crippen LogP contribution < -0.4 is 0 Å². The van der Waals surface area contributed by atoms with Gasteiger partial charge in [0, 0.05) is 0 Å². The molecule has 0 heterocycles. The highest BCUT2D eigenvalue weighted by Gasteiger charge is 2.65. The standard InChI is InChI=1S/C21H34O2/c1-14-12-21-11-8-16-19(2,17(21)7-6-15(14)13-21)9-5-10-20(16,3)18(22)23-4/h14-17H,5-13H2,1-4H3/t14-,15+,16-,17-,19+,20-,21+/m1/s1. The topological polar surface area (TPSA) is 26.3 Å². The fourth-order valence-electron chi connectivity index (χ4n) is 8.27. The molecule has 4 aliphatic carbocycles. The molecule has 0 N–H and O–H groups in total. The summed E-state index contributed by atoms with van der Waals surface area (Å²) in [7, 11) is 1.58. The Kier molecular flexibility index (Phi) is 3.46. The highest BCUT2D eigenvalue weighted by molar-refractivity contribution is 5.77. The summed E-state index contributed by atoms with van der Waals surface area (Å²) in [6.45, 7) is 7.25. The fourth-order valence-corrected chi connectivity index (χ4v) is 8.27. The second kappa shape index (κ2) is 4.99. The molecule has 2 nitrogen and oxygen atoms in total. The van der Waals surface area contributed by atoms with Gasteiger partial charge < -0.3 is 4.74 Å². The Hall–Kier alpha value is -0.530. The number of fused-ring (bicyclic) bond motifs is 3. The molecule has 4 fully saturated rings. The van der Waals surface area contributed by atoms with E-state index in [4.69, 9.17) is 4.74 Å². The number of carbonyl (C=O) groups is 1. The molecular weight excluding hydrogens is 284 g/mol. The molecule has 0 aromatic heterocycles. The molecule has 0 saturated heterocycles. The molecule has 7 atom stereocenters. The molecule has 0 radical (unpaired) electrons. The van der Waals surface area contributed by atoms with Crippen molar-refractivity contribution in [2.24, 2.45) is 39.9 Å².